The molecule has 2 rings (SSSR count). The fourth-order valence-corrected chi connectivity index (χ4v) is 1.94. The second kappa shape index (κ2) is 3.96. The number of carboxylic acids is 1. The van der Waals surface area contributed by atoms with E-state index in [9.17, 15) is 4.79 Å². The van der Waals surface area contributed by atoms with Crippen LogP contribution in [-0.4, -0.2) is 20.9 Å². The van der Waals surface area contributed by atoms with Gasteiger partial charge in [0.15, 0.2) is 0 Å². The molecule has 1 aromatic carbocycles. The molecular formula is C12H14N2O2. The van der Waals surface area contributed by atoms with E-state index in [2.05, 4.69) is 5.10 Å². The summed E-state index contributed by atoms with van der Waals surface area (Å²) in [6, 6.07) is 5.85. The zero-order chi connectivity index (χ0) is 11.7. The van der Waals surface area contributed by atoms with Crippen LogP contribution in [0.25, 0.3) is 10.9 Å². The molecule has 0 aliphatic carbocycles. The van der Waals surface area contributed by atoms with Crippen LogP contribution < -0.4 is 0 Å². The number of carboxylic acid groups (broad SMARTS) is 1. The normalized spacial score (nSPS) is 10.9. The average molecular weight is 218 g/mol. The summed E-state index contributed by atoms with van der Waals surface area (Å²) in [5.74, 6) is -0.765. The van der Waals surface area contributed by atoms with Crippen LogP contribution in [0, 0.1) is 6.92 Å². The van der Waals surface area contributed by atoms with Crippen molar-refractivity contribution in [2.24, 2.45) is 7.05 Å². The van der Waals surface area contributed by atoms with Gasteiger partial charge in [0.25, 0.3) is 0 Å². The van der Waals surface area contributed by atoms with Crippen LogP contribution in [0.2, 0.25) is 0 Å². The molecule has 1 N–H and O–H groups in total. The zero-order valence-electron chi connectivity index (χ0n) is 9.40. The van der Waals surface area contributed by atoms with Gasteiger partial charge in [-0.3, -0.25) is 9.48 Å². The minimum Gasteiger partial charge on any atom is -0.481 e. The van der Waals surface area contributed by atoms with Crippen molar-refractivity contribution in [1.29, 1.82) is 0 Å². The Hall–Kier alpha value is -1.84. The lowest BCUT2D eigenvalue weighted by Gasteiger charge is -2.01. The Morgan fingerprint density at radius 3 is 2.94 bits per heavy atom. The third kappa shape index (κ3) is 1.78. The number of aryl methyl sites for hydroxylation is 3. The first-order valence-corrected chi connectivity index (χ1v) is 5.22. The van der Waals surface area contributed by atoms with E-state index < -0.39 is 5.97 Å². The van der Waals surface area contributed by atoms with Crippen molar-refractivity contribution >= 4 is 16.9 Å². The summed E-state index contributed by atoms with van der Waals surface area (Å²) in [5.41, 5.74) is 3.07. The molecule has 0 radical (unpaired) electrons. The van der Waals surface area contributed by atoms with Crippen molar-refractivity contribution in [2.75, 3.05) is 0 Å². The summed E-state index contributed by atoms with van der Waals surface area (Å²) in [6.07, 6.45) is 0.715. The van der Waals surface area contributed by atoms with Gasteiger partial charge in [-0.15, -0.1) is 0 Å². The van der Waals surface area contributed by atoms with Crippen molar-refractivity contribution in [2.45, 2.75) is 19.8 Å². The topological polar surface area (TPSA) is 55.1 Å². The number of hydrogen-bond acceptors (Lipinski definition) is 2. The number of rotatable bonds is 3. The van der Waals surface area contributed by atoms with Gasteiger partial charge in [0.05, 0.1) is 5.52 Å². The van der Waals surface area contributed by atoms with Crippen molar-refractivity contribution in [1.82, 2.24) is 9.78 Å². The highest BCUT2D eigenvalue weighted by atomic mass is 16.4. The van der Waals surface area contributed by atoms with E-state index in [0.717, 1.165) is 22.2 Å². The fourth-order valence-electron chi connectivity index (χ4n) is 1.94. The van der Waals surface area contributed by atoms with Gasteiger partial charge in [-0.2, -0.15) is 5.10 Å². The standard InChI is InChI=1S/C12H14N2O2/c1-8-12-9(6-7-11(15)16)4-3-5-10(12)13-14(8)2/h3-5H,6-7H2,1-2H3,(H,15,16). The number of hydrogen-bond donors (Lipinski definition) is 1. The number of nitrogens with zero attached hydrogens (tertiary/aromatic N) is 2. The Labute approximate surface area is 93.5 Å². The van der Waals surface area contributed by atoms with E-state index in [-0.39, 0.29) is 6.42 Å². The van der Waals surface area contributed by atoms with Gasteiger partial charge in [-0.1, -0.05) is 12.1 Å². The van der Waals surface area contributed by atoms with Crippen LogP contribution >= 0.6 is 0 Å². The highest BCUT2D eigenvalue weighted by molar-refractivity contribution is 5.85. The van der Waals surface area contributed by atoms with Gasteiger partial charge in [-0.05, 0) is 25.0 Å². The van der Waals surface area contributed by atoms with Crippen molar-refractivity contribution < 1.29 is 9.90 Å². The number of carbonyl (C=O) groups is 1. The molecule has 0 spiro atoms. The Kier molecular flexibility index (Phi) is 2.64. The van der Waals surface area contributed by atoms with E-state index in [1.807, 2.05) is 36.9 Å². The number of benzene rings is 1. The van der Waals surface area contributed by atoms with Crippen LogP contribution in [0.3, 0.4) is 0 Å². The molecule has 0 unspecified atom stereocenters. The van der Waals surface area contributed by atoms with E-state index in [1.54, 1.807) is 0 Å². The summed E-state index contributed by atoms with van der Waals surface area (Å²) >= 11 is 0. The van der Waals surface area contributed by atoms with E-state index in [4.69, 9.17) is 5.11 Å². The third-order valence-corrected chi connectivity index (χ3v) is 2.84. The average Bonchev–Trinajstić information content (AvgIpc) is 2.52. The molecule has 0 amide bonds. The van der Waals surface area contributed by atoms with Crippen LogP contribution in [0.5, 0.6) is 0 Å². The summed E-state index contributed by atoms with van der Waals surface area (Å²) < 4.78 is 1.83. The molecule has 0 aliphatic rings. The Morgan fingerprint density at radius 2 is 2.25 bits per heavy atom. The van der Waals surface area contributed by atoms with E-state index >= 15 is 0 Å². The molecule has 84 valence electrons. The second-order valence-corrected chi connectivity index (χ2v) is 3.91. The minimum absolute atomic E-state index is 0.160. The van der Waals surface area contributed by atoms with Crippen LogP contribution in [0.1, 0.15) is 17.7 Å². The van der Waals surface area contributed by atoms with Crippen molar-refractivity contribution in [3.63, 3.8) is 0 Å². The Morgan fingerprint density at radius 1 is 1.50 bits per heavy atom. The monoisotopic (exact) mass is 218 g/mol. The lowest BCUT2D eigenvalue weighted by Crippen LogP contribution is -1.98. The number of fused-ring (bicyclic) bond motifs is 1. The van der Waals surface area contributed by atoms with E-state index in [0.29, 0.717) is 6.42 Å². The molecule has 0 saturated carbocycles. The lowest BCUT2D eigenvalue weighted by molar-refractivity contribution is -0.136. The predicted octanol–water partition coefficient (Wildman–Crippen LogP) is 1.90. The number of aliphatic carboxylic acids is 1. The van der Waals surface area contributed by atoms with Crippen molar-refractivity contribution in [3.8, 4) is 0 Å². The molecule has 2 aromatic rings. The second-order valence-electron chi connectivity index (χ2n) is 3.91. The summed E-state index contributed by atoms with van der Waals surface area (Å²) in [6.45, 7) is 2.00. The maximum Gasteiger partial charge on any atom is 0.303 e. The molecule has 0 aliphatic heterocycles. The van der Waals surface area contributed by atoms with Crippen molar-refractivity contribution in [3.05, 3.63) is 29.5 Å². The molecule has 0 saturated heterocycles. The summed E-state index contributed by atoms with van der Waals surface area (Å²) in [7, 11) is 1.90. The highest BCUT2D eigenvalue weighted by Crippen LogP contribution is 2.22. The fraction of sp³-hybridized carbons (Fsp3) is 0.333. The molecule has 0 fully saturated rings. The van der Waals surface area contributed by atoms with Gasteiger partial charge < -0.3 is 5.11 Å². The largest absolute Gasteiger partial charge is 0.481 e. The predicted molar refractivity (Wildman–Crippen MR) is 61.4 cm³/mol. The van der Waals surface area contributed by atoms with Crippen LogP contribution in [-0.2, 0) is 18.3 Å². The molecule has 0 atom stereocenters. The van der Waals surface area contributed by atoms with Gasteiger partial charge in [0.1, 0.15) is 0 Å². The summed E-state index contributed by atoms with van der Waals surface area (Å²) in [5, 5.41) is 14.2. The molecule has 4 heteroatoms. The molecule has 4 nitrogen and oxygen atoms in total. The Bertz CT molecular complexity index is 543. The maximum absolute atomic E-state index is 10.6. The Balaban J connectivity index is 2.48. The summed E-state index contributed by atoms with van der Waals surface area (Å²) in [4.78, 5) is 10.6. The quantitative estimate of drug-likeness (QED) is 0.856. The first-order chi connectivity index (χ1) is 7.59. The minimum atomic E-state index is -0.765. The third-order valence-electron chi connectivity index (χ3n) is 2.84. The molecular weight excluding hydrogens is 204 g/mol. The molecule has 1 aromatic heterocycles. The van der Waals surface area contributed by atoms with E-state index in [1.165, 1.54) is 0 Å². The zero-order valence-corrected chi connectivity index (χ0v) is 9.40. The first kappa shape index (κ1) is 10.7. The van der Waals surface area contributed by atoms with Gasteiger partial charge in [0, 0.05) is 24.5 Å². The van der Waals surface area contributed by atoms with Gasteiger partial charge in [-0.25, -0.2) is 0 Å². The lowest BCUT2D eigenvalue weighted by atomic mass is 10.0. The smallest absolute Gasteiger partial charge is 0.303 e. The molecule has 0 bridgehead atoms. The molecule has 16 heavy (non-hydrogen) atoms. The van der Waals surface area contributed by atoms with Crippen LogP contribution in [0.15, 0.2) is 18.2 Å². The maximum atomic E-state index is 10.6. The van der Waals surface area contributed by atoms with Crippen LogP contribution in [0.4, 0.5) is 0 Å². The first-order valence-electron chi connectivity index (χ1n) is 5.22. The van der Waals surface area contributed by atoms with Gasteiger partial charge in [0.2, 0.25) is 0 Å². The SMILES string of the molecule is Cc1c2c(CCC(=O)O)cccc2nn1C. The number of aromatic nitrogens is 2. The molecule has 1 heterocycles. The highest BCUT2D eigenvalue weighted by Gasteiger charge is 2.10. The van der Waals surface area contributed by atoms with Gasteiger partial charge >= 0.3 is 5.97 Å².